The molecule has 0 unspecified atom stereocenters. The molecular formula is C24H23N3O6S. The van der Waals surface area contributed by atoms with Gasteiger partial charge in [-0.2, -0.15) is 5.10 Å². The second kappa shape index (κ2) is 11.2. The molecule has 0 atom stereocenters. The first-order chi connectivity index (χ1) is 16.3. The lowest BCUT2D eigenvalue weighted by Crippen LogP contribution is -2.34. The fourth-order valence-electron chi connectivity index (χ4n) is 2.69. The number of rotatable bonds is 9. The molecule has 0 saturated heterocycles. The van der Waals surface area contributed by atoms with Crippen molar-refractivity contribution in [2.24, 2.45) is 5.10 Å². The second-order valence-corrected chi connectivity index (χ2v) is 8.88. The molecule has 0 aliphatic heterocycles. The largest absolute Gasteiger partial charge is 0.497 e. The van der Waals surface area contributed by atoms with Crippen LogP contribution in [0, 0.1) is 6.92 Å². The summed E-state index contributed by atoms with van der Waals surface area (Å²) in [4.78, 5) is 24.2. The molecule has 3 aromatic rings. The number of nitrogens with zero attached hydrogens (tertiary/aromatic N) is 1. The molecule has 0 bridgehead atoms. The molecule has 3 rings (SSSR count). The maximum Gasteiger partial charge on any atom is 0.343 e. The molecular weight excluding hydrogens is 458 g/mol. The van der Waals surface area contributed by atoms with Crippen LogP contribution in [0.1, 0.15) is 21.5 Å². The Morgan fingerprint density at radius 2 is 1.53 bits per heavy atom. The third kappa shape index (κ3) is 6.99. The van der Waals surface area contributed by atoms with Gasteiger partial charge in [-0.15, -0.1) is 0 Å². The molecule has 0 aliphatic rings. The number of benzene rings is 3. The van der Waals surface area contributed by atoms with Crippen LogP contribution in [0.2, 0.25) is 0 Å². The Morgan fingerprint density at radius 3 is 2.15 bits per heavy atom. The highest BCUT2D eigenvalue weighted by atomic mass is 32.2. The van der Waals surface area contributed by atoms with Crippen LogP contribution in [0.25, 0.3) is 0 Å². The van der Waals surface area contributed by atoms with E-state index in [1.807, 2.05) is 6.92 Å². The number of sulfonamides is 1. The van der Waals surface area contributed by atoms with Crippen LogP contribution in [-0.2, 0) is 14.8 Å². The van der Waals surface area contributed by atoms with Crippen LogP contribution in [0.4, 0.5) is 0 Å². The molecule has 0 radical (unpaired) electrons. The van der Waals surface area contributed by atoms with E-state index >= 15 is 0 Å². The van der Waals surface area contributed by atoms with Crippen molar-refractivity contribution < 1.29 is 27.5 Å². The van der Waals surface area contributed by atoms with Gasteiger partial charge in [0, 0.05) is 0 Å². The van der Waals surface area contributed by atoms with Crippen molar-refractivity contribution in [2.45, 2.75) is 11.8 Å². The van der Waals surface area contributed by atoms with Gasteiger partial charge in [0.1, 0.15) is 11.5 Å². The fourth-order valence-corrected chi connectivity index (χ4v) is 3.68. The minimum Gasteiger partial charge on any atom is -0.497 e. The highest BCUT2D eigenvalue weighted by Crippen LogP contribution is 2.16. The van der Waals surface area contributed by atoms with Gasteiger partial charge in [-0.3, -0.25) is 4.79 Å². The molecule has 176 valence electrons. The third-order valence-corrected chi connectivity index (χ3v) is 5.99. The normalized spacial score (nSPS) is 11.2. The number of amides is 1. The van der Waals surface area contributed by atoms with Crippen LogP contribution in [-0.4, -0.2) is 40.2 Å². The van der Waals surface area contributed by atoms with Gasteiger partial charge < -0.3 is 9.47 Å². The first kappa shape index (κ1) is 24.6. The Balaban J connectivity index is 1.47. The summed E-state index contributed by atoms with van der Waals surface area (Å²) in [5.74, 6) is -0.162. The van der Waals surface area contributed by atoms with Crippen LogP contribution >= 0.6 is 0 Å². The minimum atomic E-state index is -3.80. The second-order valence-electron chi connectivity index (χ2n) is 7.12. The lowest BCUT2D eigenvalue weighted by Gasteiger charge is -2.06. The summed E-state index contributed by atoms with van der Waals surface area (Å²) < 4.78 is 37.0. The molecule has 34 heavy (non-hydrogen) atoms. The maximum atomic E-state index is 12.2. The Bertz CT molecular complexity index is 1270. The van der Waals surface area contributed by atoms with Crippen LogP contribution in [0.15, 0.2) is 82.8 Å². The number of hydrogen-bond donors (Lipinski definition) is 2. The Labute approximate surface area is 197 Å². The van der Waals surface area contributed by atoms with Crippen molar-refractivity contribution in [3.63, 3.8) is 0 Å². The van der Waals surface area contributed by atoms with Crippen molar-refractivity contribution in [1.82, 2.24) is 10.1 Å². The first-order valence-corrected chi connectivity index (χ1v) is 11.6. The van der Waals surface area contributed by atoms with Crippen LogP contribution in [0.3, 0.4) is 0 Å². The summed E-state index contributed by atoms with van der Waals surface area (Å²) in [6, 6.07) is 19.3. The summed E-state index contributed by atoms with van der Waals surface area (Å²) in [7, 11) is -2.26. The average Bonchev–Trinajstić information content (AvgIpc) is 2.84. The Morgan fingerprint density at radius 1 is 0.912 bits per heavy atom. The topological polar surface area (TPSA) is 123 Å². The zero-order valence-corrected chi connectivity index (χ0v) is 19.3. The zero-order chi connectivity index (χ0) is 24.6. The van der Waals surface area contributed by atoms with E-state index < -0.39 is 28.4 Å². The van der Waals surface area contributed by atoms with E-state index in [0.717, 1.165) is 5.56 Å². The first-order valence-electron chi connectivity index (χ1n) is 10.1. The number of aryl methyl sites for hydroxylation is 1. The van der Waals surface area contributed by atoms with Crippen molar-refractivity contribution >= 4 is 28.1 Å². The number of hydrazone groups is 1. The summed E-state index contributed by atoms with van der Waals surface area (Å²) in [5, 5.41) is 3.80. The minimum absolute atomic E-state index is 0.0715. The standard InChI is InChI=1S/C24H23N3O6S/c1-17-3-13-22(14-4-17)34(30,31)26-16-23(28)27-25-15-18-5-9-21(10-6-18)33-24(29)19-7-11-20(32-2)12-8-19/h3-15,26H,16H2,1-2H3,(H,27,28). The molecule has 0 aliphatic carbocycles. The molecule has 1 amide bonds. The smallest absolute Gasteiger partial charge is 0.343 e. The number of hydrogen-bond acceptors (Lipinski definition) is 7. The van der Waals surface area contributed by atoms with Gasteiger partial charge in [0.2, 0.25) is 10.0 Å². The van der Waals surface area contributed by atoms with E-state index in [1.165, 1.54) is 25.5 Å². The number of nitrogens with one attached hydrogen (secondary N) is 2. The predicted molar refractivity (Wildman–Crippen MR) is 126 cm³/mol. The zero-order valence-electron chi connectivity index (χ0n) is 18.5. The fraction of sp³-hybridized carbons (Fsp3) is 0.125. The van der Waals surface area contributed by atoms with Gasteiger partial charge in [-0.1, -0.05) is 17.7 Å². The predicted octanol–water partition coefficient (Wildman–Crippen LogP) is 2.65. The van der Waals surface area contributed by atoms with Crippen molar-refractivity contribution in [2.75, 3.05) is 13.7 Å². The molecule has 0 heterocycles. The third-order valence-electron chi connectivity index (χ3n) is 4.57. The number of ether oxygens (including phenoxy) is 2. The monoisotopic (exact) mass is 481 g/mol. The molecule has 0 fully saturated rings. The van der Waals surface area contributed by atoms with Gasteiger partial charge >= 0.3 is 5.97 Å². The van der Waals surface area contributed by atoms with Crippen molar-refractivity contribution in [3.05, 3.63) is 89.5 Å². The van der Waals surface area contributed by atoms with Crippen LogP contribution < -0.4 is 19.6 Å². The van der Waals surface area contributed by atoms with Gasteiger partial charge in [0.15, 0.2) is 0 Å². The van der Waals surface area contributed by atoms with E-state index in [-0.39, 0.29) is 4.90 Å². The van der Waals surface area contributed by atoms with Crippen LogP contribution in [0.5, 0.6) is 11.5 Å². The summed E-state index contributed by atoms with van der Waals surface area (Å²) >= 11 is 0. The Hall–Kier alpha value is -4.02. The number of esters is 1. The Kier molecular flexibility index (Phi) is 8.12. The number of carbonyl (C=O) groups is 2. The van der Waals surface area contributed by atoms with E-state index in [1.54, 1.807) is 60.7 Å². The molecule has 2 N–H and O–H groups in total. The lowest BCUT2D eigenvalue weighted by molar-refractivity contribution is -0.119. The van der Waals surface area contributed by atoms with Crippen molar-refractivity contribution in [1.29, 1.82) is 0 Å². The van der Waals surface area contributed by atoms with Gasteiger partial charge in [-0.05, 0) is 73.2 Å². The van der Waals surface area contributed by atoms with Gasteiger partial charge in [-0.25, -0.2) is 23.4 Å². The highest BCUT2D eigenvalue weighted by molar-refractivity contribution is 7.89. The van der Waals surface area contributed by atoms with Crippen molar-refractivity contribution in [3.8, 4) is 11.5 Å². The lowest BCUT2D eigenvalue weighted by atomic mass is 10.2. The molecule has 0 aromatic heterocycles. The van der Waals surface area contributed by atoms with E-state index in [9.17, 15) is 18.0 Å². The van der Waals surface area contributed by atoms with E-state index in [0.29, 0.717) is 22.6 Å². The summed E-state index contributed by atoms with van der Waals surface area (Å²) in [6.45, 7) is 1.38. The summed E-state index contributed by atoms with van der Waals surface area (Å²) in [6.07, 6.45) is 1.38. The van der Waals surface area contributed by atoms with E-state index in [2.05, 4.69) is 15.2 Å². The molecule has 0 spiro atoms. The summed E-state index contributed by atoms with van der Waals surface area (Å²) in [5.41, 5.74) is 4.19. The quantitative estimate of drug-likeness (QED) is 0.210. The average molecular weight is 482 g/mol. The van der Waals surface area contributed by atoms with E-state index in [4.69, 9.17) is 9.47 Å². The highest BCUT2D eigenvalue weighted by Gasteiger charge is 2.15. The van der Waals surface area contributed by atoms with Gasteiger partial charge in [0.25, 0.3) is 5.91 Å². The number of carbonyl (C=O) groups excluding carboxylic acids is 2. The maximum absolute atomic E-state index is 12.2. The molecule has 9 nitrogen and oxygen atoms in total. The molecule has 10 heteroatoms. The molecule has 0 saturated carbocycles. The number of methoxy groups -OCH3 is 1. The molecule has 3 aromatic carbocycles. The van der Waals surface area contributed by atoms with Gasteiger partial charge in [0.05, 0.1) is 30.3 Å². The SMILES string of the molecule is COc1ccc(C(=O)Oc2ccc(C=NNC(=O)CNS(=O)(=O)c3ccc(C)cc3)cc2)cc1.